The molecule has 14 heteroatoms. The first-order chi connectivity index (χ1) is 25.9. The molecule has 3 heterocycles. The zero-order chi connectivity index (χ0) is 38.9. The average molecular weight is 748 g/mol. The molecule has 1 saturated heterocycles. The molecular weight excluding hydrogens is 690 g/mol. The number of nitrogens with zero attached hydrogens (tertiary/aromatic N) is 4. The van der Waals surface area contributed by atoms with E-state index in [0.717, 1.165) is 68.3 Å². The summed E-state index contributed by atoms with van der Waals surface area (Å²) in [6, 6.07) is 6.84. The van der Waals surface area contributed by atoms with Gasteiger partial charge < -0.3 is 34.4 Å². The first-order valence-corrected chi connectivity index (χ1v) is 19.4. The number of oxazole rings is 1. The summed E-state index contributed by atoms with van der Waals surface area (Å²) in [5.74, 6) is 1.08. The summed E-state index contributed by atoms with van der Waals surface area (Å²) in [7, 11) is 2.57. The van der Waals surface area contributed by atoms with Crippen molar-refractivity contribution in [2.24, 2.45) is 11.8 Å². The fourth-order valence-electron chi connectivity index (χ4n) is 7.56. The number of methoxy groups -OCH3 is 2. The third-order valence-electron chi connectivity index (χ3n) is 10.8. The van der Waals surface area contributed by atoms with Crippen LogP contribution in [-0.4, -0.2) is 83.2 Å². The zero-order valence-corrected chi connectivity index (χ0v) is 32.7. The highest BCUT2D eigenvalue weighted by molar-refractivity contribution is 5.97. The van der Waals surface area contributed by atoms with Crippen LogP contribution in [0.1, 0.15) is 121 Å². The van der Waals surface area contributed by atoms with Gasteiger partial charge in [0.05, 0.1) is 31.8 Å². The van der Waals surface area contributed by atoms with Crippen molar-refractivity contribution in [2.45, 2.75) is 116 Å². The van der Waals surface area contributed by atoms with Gasteiger partial charge in [-0.05, 0) is 73.8 Å². The van der Waals surface area contributed by atoms with Gasteiger partial charge in [-0.3, -0.25) is 14.5 Å². The van der Waals surface area contributed by atoms with Crippen LogP contribution in [0.15, 0.2) is 41.1 Å². The van der Waals surface area contributed by atoms with E-state index in [1.807, 2.05) is 27.7 Å². The molecule has 54 heavy (non-hydrogen) atoms. The molecule has 2 fully saturated rings. The molecular formula is C40H57N7O7. The minimum atomic E-state index is -0.752. The monoisotopic (exact) mass is 747 g/mol. The number of benzene rings is 1. The summed E-state index contributed by atoms with van der Waals surface area (Å²) in [5.41, 5.74) is 4.00. The van der Waals surface area contributed by atoms with Crippen molar-refractivity contribution >= 4 is 29.9 Å². The van der Waals surface area contributed by atoms with E-state index in [1.165, 1.54) is 19.8 Å². The second kappa shape index (κ2) is 18.4. The van der Waals surface area contributed by atoms with Crippen LogP contribution in [0, 0.1) is 11.8 Å². The predicted molar refractivity (Wildman–Crippen MR) is 204 cm³/mol. The SMILES string of the molecule is CCCCN(C(=O)[C@@H](NC(=O)OC)C(C)C)c1ncc(-c2ccc(C3CCC(c4coc(C5CCCN5C(=O)[C@@H](NC(=O)OC)C(C)C)n4)CC3)cc2)[nH]1. The van der Waals surface area contributed by atoms with E-state index < -0.39 is 24.3 Å². The number of anilines is 1. The van der Waals surface area contributed by atoms with Crippen molar-refractivity contribution in [3.63, 3.8) is 0 Å². The van der Waals surface area contributed by atoms with Crippen molar-refractivity contribution in [1.29, 1.82) is 0 Å². The van der Waals surface area contributed by atoms with E-state index in [0.29, 0.717) is 30.8 Å². The van der Waals surface area contributed by atoms with Crippen molar-refractivity contribution < 1.29 is 33.1 Å². The van der Waals surface area contributed by atoms with Crippen molar-refractivity contribution in [2.75, 3.05) is 32.2 Å². The molecule has 4 amide bonds. The second-order valence-electron chi connectivity index (χ2n) is 15.1. The maximum atomic E-state index is 13.7. The summed E-state index contributed by atoms with van der Waals surface area (Å²) in [5, 5.41) is 5.37. The number of aromatic nitrogens is 3. The van der Waals surface area contributed by atoms with Gasteiger partial charge in [-0.15, -0.1) is 0 Å². The molecule has 1 saturated carbocycles. The van der Waals surface area contributed by atoms with Crippen molar-refractivity contribution in [3.8, 4) is 11.3 Å². The van der Waals surface area contributed by atoms with Gasteiger partial charge in [0.1, 0.15) is 24.4 Å². The Morgan fingerprint density at radius 2 is 1.56 bits per heavy atom. The van der Waals surface area contributed by atoms with Gasteiger partial charge in [0.15, 0.2) is 0 Å². The van der Waals surface area contributed by atoms with Crippen LogP contribution in [0.5, 0.6) is 0 Å². The molecule has 2 aromatic heterocycles. The summed E-state index contributed by atoms with van der Waals surface area (Å²) in [6.45, 7) is 10.7. The zero-order valence-electron chi connectivity index (χ0n) is 32.7. The number of H-pyrrole nitrogens is 1. The molecule has 14 nitrogen and oxygen atoms in total. The first kappa shape index (κ1) is 40.3. The normalized spacial score (nSPS) is 19.7. The van der Waals surface area contributed by atoms with Crippen LogP contribution in [-0.2, 0) is 19.1 Å². The first-order valence-electron chi connectivity index (χ1n) is 19.4. The molecule has 294 valence electrons. The highest BCUT2D eigenvalue weighted by Crippen LogP contribution is 2.42. The third-order valence-corrected chi connectivity index (χ3v) is 10.8. The van der Waals surface area contributed by atoms with Crippen LogP contribution in [0.25, 0.3) is 11.3 Å². The van der Waals surface area contributed by atoms with E-state index in [1.54, 1.807) is 22.3 Å². The number of alkyl carbamates (subject to hydrolysis) is 2. The number of unbranched alkanes of at least 4 members (excludes halogenated alkanes) is 1. The Bertz CT molecular complexity index is 1710. The van der Waals surface area contributed by atoms with E-state index in [4.69, 9.17) is 18.9 Å². The molecule has 3 aromatic rings. The standard InChI is InChI=1S/C40H57N7O7/c1-8-9-20-47(37(49)34(25(4)5)45-40(51)53-7)38-41-22-30(43-38)28-16-12-26(13-17-28)27-14-18-29(19-15-27)31-23-54-35(42-31)32-11-10-21-46(32)36(48)33(24(2)3)44-39(50)52-6/h12-13,16-17,22-25,27,29,32-34H,8-11,14-15,18-21H2,1-7H3,(H,41,43)(H,44,50)(H,45,51)/t27?,29?,32?,33-,34-/m0/s1. The molecule has 3 atom stereocenters. The average Bonchev–Trinajstić information content (AvgIpc) is 3.97. The van der Waals surface area contributed by atoms with E-state index in [2.05, 4.69) is 51.8 Å². The maximum absolute atomic E-state index is 13.7. The molecule has 0 bridgehead atoms. The largest absolute Gasteiger partial charge is 0.453 e. The third kappa shape index (κ3) is 9.43. The van der Waals surface area contributed by atoms with Crippen LogP contribution in [0.3, 0.4) is 0 Å². The Hall–Kier alpha value is -4.88. The highest BCUT2D eigenvalue weighted by atomic mass is 16.5. The minimum absolute atomic E-state index is 0.104. The molecule has 5 rings (SSSR count). The lowest BCUT2D eigenvalue weighted by molar-refractivity contribution is -0.135. The van der Waals surface area contributed by atoms with Crippen LogP contribution in [0.4, 0.5) is 15.5 Å². The summed E-state index contributed by atoms with van der Waals surface area (Å²) < 4.78 is 15.5. The van der Waals surface area contributed by atoms with Gasteiger partial charge in [-0.25, -0.2) is 19.6 Å². The Morgan fingerprint density at radius 3 is 2.17 bits per heavy atom. The smallest absolute Gasteiger partial charge is 0.407 e. The number of hydrogen-bond acceptors (Lipinski definition) is 9. The number of aromatic amines is 1. The van der Waals surface area contributed by atoms with Gasteiger partial charge >= 0.3 is 12.2 Å². The Balaban J connectivity index is 1.20. The molecule has 1 aliphatic heterocycles. The second-order valence-corrected chi connectivity index (χ2v) is 15.1. The minimum Gasteiger partial charge on any atom is -0.453 e. The number of rotatable bonds is 14. The molecule has 0 radical (unpaired) electrons. The lowest BCUT2D eigenvalue weighted by Gasteiger charge is -2.29. The van der Waals surface area contributed by atoms with Gasteiger partial charge in [-0.2, -0.15) is 0 Å². The Morgan fingerprint density at radius 1 is 0.926 bits per heavy atom. The quantitative estimate of drug-likeness (QED) is 0.156. The summed E-state index contributed by atoms with van der Waals surface area (Å²) in [4.78, 5) is 67.4. The molecule has 1 unspecified atom stereocenters. The van der Waals surface area contributed by atoms with Gasteiger partial charge in [-0.1, -0.05) is 65.3 Å². The number of amides is 4. The molecule has 0 spiro atoms. The maximum Gasteiger partial charge on any atom is 0.407 e. The van der Waals surface area contributed by atoms with Gasteiger partial charge in [0, 0.05) is 19.0 Å². The van der Waals surface area contributed by atoms with E-state index >= 15 is 0 Å². The fraction of sp³-hybridized carbons (Fsp3) is 0.600. The van der Waals surface area contributed by atoms with Crippen molar-refractivity contribution in [1.82, 2.24) is 30.5 Å². The highest BCUT2D eigenvalue weighted by Gasteiger charge is 2.39. The van der Waals surface area contributed by atoms with E-state index in [9.17, 15) is 19.2 Å². The topological polar surface area (TPSA) is 172 Å². The lowest BCUT2D eigenvalue weighted by Crippen LogP contribution is -2.52. The lowest BCUT2D eigenvalue weighted by atomic mass is 9.77. The number of nitrogens with one attached hydrogen (secondary N) is 3. The van der Waals surface area contributed by atoms with Crippen LogP contribution < -0.4 is 15.5 Å². The Labute approximate surface area is 318 Å². The van der Waals surface area contributed by atoms with Crippen molar-refractivity contribution in [3.05, 3.63) is 53.9 Å². The number of ether oxygens (including phenoxy) is 2. The number of carbonyl (C=O) groups excluding carboxylic acids is 4. The molecule has 1 aliphatic carbocycles. The number of likely N-dealkylation sites (tertiary alicyclic amines) is 1. The molecule has 2 aliphatic rings. The van der Waals surface area contributed by atoms with E-state index in [-0.39, 0.29) is 35.6 Å². The number of hydrogen-bond donors (Lipinski definition) is 3. The van der Waals surface area contributed by atoms with Gasteiger partial charge in [0.25, 0.3) is 5.91 Å². The predicted octanol–water partition coefficient (Wildman–Crippen LogP) is 7.06. The Kier molecular flexibility index (Phi) is 13.8. The summed E-state index contributed by atoms with van der Waals surface area (Å²) in [6.07, 6.45) is 9.54. The van der Waals surface area contributed by atoms with Crippen LogP contribution >= 0.6 is 0 Å². The molecule has 3 N–H and O–H groups in total. The fourth-order valence-corrected chi connectivity index (χ4v) is 7.56. The van der Waals surface area contributed by atoms with Gasteiger partial charge in [0.2, 0.25) is 17.7 Å². The molecule has 1 aromatic carbocycles. The number of carbonyl (C=O) groups is 4. The van der Waals surface area contributed by atoms with Crippen LogP contribution in [0.2, 0.25) is 0 Å². The summed E-state index contributed by atoms with van der Waals surface area (Å²) >= 11 is 0. The number of imidazole rings is 1.